The van der Waals surface area contributed by atoms with Crippen molar-refractivity contribution in [1.82, 2.24) is 0 Å². The molecule has 0 aliphatic rings. The van der Waals surface area contributed by atoms with Crippen LogP contribution in [-0.4, -0.2) is 37.5 Å². The van der Waals surface area contributed by atoms with Crippen LogP contribution in [0.4, 0.5) is 17.1 Å². The zero-order valence-electron chi connectivity index (χ0n) is 14.6. The van der Waals surface area contributed by atoms with Crippen LogP contribution in [0.25, 0.3) is 0 Å². The van der Waals surface area contributed by atoms with Crippen LogP contribution < -0.4 is 10.2 Å². The first-order chi connectivity index (χ1) is 12.8. The number of nitro benzene ring substituents is 1. The fraction of sp³-hybridized carbons (Fsp3) is 0.167. The van der Waals surface area contributed by atoms with Crippen molar-refractivity contribution in [1.29, 1.82) is 5.26 Å². The van der Waals surface area contributed by atoms with Gasteiger partial charge < -0.3 is 15.0 Å². The Morgan fingerprint density at radius 2 is 1.96 bits per heavy atom. The Kier molecular flexibility index (Phi) is 6.06. The summed E-state index contributed by atoms with van der Waals surface area (Å²) in [4.78, 5) is 36.1. The maximum atomic E-state index is 12.1. The first kappa shape index (κ1) is 19.4. The number of anilines is 2. The summed E-state index contributed by atoms with van der Waals surface area (Å²) in [6, 6.07) is 12.2. The van der Waals surface area contributed by atoms with E-state index in [9.17, 15) is 19.7 Å². The summed E-state index contributed by atoms with van der Waals surface area (Å²) in [5.41, 5.74) is 0.612. The summed E-state index contributed by atoms with van der Waals surface area (Å²) in [6.45, 7) is -0.595. The lowest BCUT2D eigenvalue weighted by Crippen LogP contribution is -2.21. The average molecular weight is 368 g/mol. The van der Waals surface area contributed by atoms with Gasteiger partial charge in [0.25, 0.3) is 11.6 Å². The van der Waals surface area contributed by atoms with Crippen molar-refractivity contribution in [2.75, 3.05) is 30.9 Å². The lowest BCUT2D eigenvalue weighted by Gasteiger charge is -2.13. The van der Waals surface area contributed by atoms with E-state index < -0.39 is 23.4 Å². The van der Waals surface area contributed by atoms with Crippen molar-refractivity contribution in [2.45, 2.75) is 0 Å². The summed E-state index contributed by atoms with van der Waals surface area (Å²) in [5.74, 6) is -1.50. The highest BCUT2D eigenvalue weighted by atomic mass is 16.6. The van der Waals surface area contributed by atoms with Gasteiger partial charge in [-0.25, -0.2) is 4.79 Å². The number of amides is 1. The molecule has 0 spiro atoms. The van der Waals surface area contributed by atoms with Gasteiger partial charge in [-0.1, -0.05) is 12.1 Å². The van der Waals surface area contributed by atoms with E-state index in [0.29, 0.717) is 11.4 Å². The summed E-state index contributed by atoms with van der Waals surface area (Å²) in [5, 5.41) is 22.6. The van der Waals surface area contributed by atoms with Crippen molar-refractivity contribution in [3.05, 3.63) is 63.7 Å². The first-order valence-electron chi connectivity index (χ1n) is 7.75. The largest absolute Gasteiger partial charge is 0.452 e. The zero-order chi connectivity index (χ0) is 20.0. The highest BCUT2D eigenvalue weighted by Gasteiger charge is 2.20. The molecule has 2 rings (SSSR count). The third-order valence-electron chi connectivity index (χ3n) is 3.55. The SMILES string of the molecule is CN(C)c1ccc(C(=O)OCC(=O)Nc2ccccc2C#N)cc1[N+](=O)[O-]. The Hall–Kier alpha value is -3.93. The van der Waals surface area contributed by atoms with E-state index in [-0.39, 0.29) is 16.8 Å². The predicted molar refractivity (Wildman–Crippen MR) is 97.5 cm³/mol. The lowest BCUT2D eigenvalue weighted by atomic mass is 10.1. The fourth-order valence-electron chi connectivity index (χ4n) is 2.27. The molecule has 0 atom stereocenters. The third-order valence-corrected chi connectivity index (χ3v) is 3.55. The number of nitro groups is 1. The molecule has 27 heavy (non-hydrogen) atoms. The molecule has 9 nitrogen and oxygen atoms in total. The quantitative estimate of drug-likeness (QED) is 0.471. The minimum atomic E-state index is -0.868. The molecule has 0 saturated heterocycles. The summed E-state index contributed by atoms with van der Waals surface area (Å²) < 4.78 is 4.90. The Balaban J connectivity index is 2.05. The molecule has 0 saturated carbocycles. The van der Waals surface area contributed by atoms with Crippen molar-refractivity contribution < 1.29 is 19.2 Å². The Morgan fingerprint density at radius 3 is 2.59 bits per heavy atom. The molecule has 2 aromatic rings. The molecule has 0 aromatic heterocycles. The first-order valence-corrected chi connectivity index (χ1v) is 7.75. The Morgan fingerprint density at radius 1 is 1.26 bits per heavy atom. The van der Waals surface area contributed by atoms with Crippen molar-refractivity contribution in [3.8, 4) is 6.07 Å². The van der Waals surface area contributed by atoms with Crippen LogP contribution in [0.15, 0.2) is 42.5 Å². The Bertz CT molecular complexity index is 934. The molecule has 0 aliphatic carbocycles. The second kappa shape index (κ2) is 8.44. The van der Waals surface area contributed by atoms with Gasteiger partial charge in [0, 0.05) is 20.2 Å². The molecular weight excluding hydrogens is 352 g/mol. The molecule has 0 heterocycles. The van der Waals surface area contributed by atoms with Crippen LogP contribution in [0.5, 0.6) is 0 Å². The molecule has 1 N–H and O–H groups in total. The molecule has 0 radical (unpaired) electrons. The number of nitrogens with zero attached hydrogens (tertiary/aromatic N) is 3. The van der Waals surface area contributed by atoms with Crippen LogP contribution >= 0.6 is 0 Å². The van der Waals surface area contributed by atoms with Gasteiger partial charge in [-0.3, -0.25) is 14.9 Å². The van der Waals surface area contributed by atoms with Crippen molar-refractivity contribution >= 4 is 28.9 Å². The van der Waals surface area contributed by atoms with E-state index in [1.54, 1.807) is 37.2 Å². The van der Waals surface area contributed by atoms with Gasteiger partial charge in [0.2, 0.25) is 0 Å². The van der Waals surface area contributed by atoms with E-state index in [2.05, 4.69) is 5.32 Å². The van der Waals surface area contributed by atoms with Gasteiger partial charge in [-0.2, -0.15) is 5.26 Å². The predicted octanol–water partition coefficient (Wildman–Crippen LogP) is 2.33. The smallest absolute Gasteiger partial charge is 0.338 e. The van der Waals surface area contributed by atoms with E-state index in [1.165, 1.54) is 18.2 Å². The molecule has 0 fully saturated rings. The maximum absolute atomic E-state index is 12.1. The summed E-state index contributed by atoms with van der Waals surface area (Å²) >= 11 is 0. The number of para-hydroxylation sites is 1. The normalized spacial score (nSPS) is 9.81. The van der Waals surface area contributed by atoms with Gasteiger partial charge >= 0.3 is 5.97 Å². The summed E-state index contributed by atoms with van der Waals surface area (Å²) in [7, 11) is 3.29. The molecule has 0 bridgehead atoms. The number of benzene rings is 2. The Labute approximate surface area is 154 Å². The van der Waals surface area contributed by atoms with Crippen LogP contribution in [0, 0.1) is 21.4 Å². The van der Waals surface area contributed by atoms with Crippen LogP contribution in [0.1, 0.15) is 15.9 Å². The van der Waals surface area contributed by atoms with E-state index in [1.807, 2.05) is 6.07 Å². The minimum absolute atomic E-state index is 0.0440. The van der Waals surface area contributed by atoms with Crippen LogP contribution in [-0.2, 0) is 9.53 Å². The molecular formula is C18H16N4O5. The molecule has 9 heteroatoms. The van der Waals surface area contributed by atoms with Gasteiger partial charge in [-0.05, 0) is 24.3 Å². The number of carbonyl (C=O) groups excluding carboxylic acids is 2. The van der Waals surface area contributed by atoms with E-state index in [0.717, 1.165) is 6.07 Å². The molecule has 0 unspecified atom stereocenters. The van der Waals surface area contributed by atoms with E-state index >= 15 is 0 Å². The lowest BCUT2D eigenvalue weighted by molar-refractivity contribution is -0.384. The van der Waals surface area contributed by atoms with Crippen LogP contribution in [0.3, 0.4) is 0 Å². The van der Waals surface area contributed by atoms with Crippen molar-refractivity contribution in [3.63, 3.8) is 0 Å². The molecule has 2 aromatic carbocycles. The monoisotopic (exact) mass is 368 g/mol. The number of carbonyl (C=O) groups is 2. The van der Waals surface area contributed by atoms with Gasteiger partial charge in [0.15, 0.2) is 6.61 Å². The third kappa shape index (κ3) is 4.79. The van der Waals surface area contributed by atoms with Crippen LogP contribution in [0.2, 0.25) is 0 Å². The molecule has 1 amide bonds. The van der Waals surface area contributed by atoms with E-state index in [4.69, 9.17) is 10.00 Å². The molecule has 0 aliphatic heterocycles. The standard InChI is InChI=1S/C18H16N4O5/c1-21(2)15-8-7-12(9-16(15)22(25)26)18(24)27-11-17(23)20-14-6-4-3-5-13(14)10-19/h3-9H,11H2,1-2H3,(H,20,23). The number of hydrogen-bond acceptors (Lipinski definition) is 7. The number of nitriles is 1. The maximum Gasteiger partial charge on any atom is 0.338 e. The second-order valence-corrected chi connectivity index (χ2v) is 5.64. The van der Waals surface area contributed by atoms with Gasteiger partial charge in [0.1, 0.15) is 11.8 Å². The fourth-order valence-corrected chi connectivity index (χ4v) is 2.27. The topological polar surface area (TPSA) is 126 Å². The van der Waals surface area contributed by atoms with Gasteiger partial charge in [0.05, 0.1) is 21.7 Å². The number of rotatable bonds is 6. The number of ether oxygens (including phenoxy) is 1. The summed E-state index contributed by atoms with van der Waals surface area (Å²) in [6.07, 6.45) is 0. The minimum Gasteiger partial charge on any atom is -0.452 e. The number of esters is 1. The molecule has 138 valence electrons. The van der Waals surface area contributed by atoms with Crippen molar-refractivity contribution in [2.24, 2.45) is 0 Å². The number of hydrogen-bond donors (Lipinski definition) is 1. The van der Waals surface area contributed by atoms with Gasteiger partial charge in [-0.15, -0.1) is 0 Å². The second-order valence-electron chi connectivity index (χ2n) is 5.64. The zero-order valence-corrected chi connectivity index (χ0v) is 14.6. The number of nitrogens with one attached hydrogen (secondary N) is 1. The highest BCUT2D eigenvalue weighted by molar-refractivity contribution is 5.96. The highest BCUT2D eigenvalue weighted by Crippen LogP contribution is 2.27. The average Bonchev–Trinajstić information content (AvgIpc) is 2.65.